The second kappa shape index (κ2) is 5.39. The summed E-state index contributed by atoms with van der Waals surface area (Å²) in [5.74, 6) is -0.552. The van der Waals surface area contributed by atoms with E-state index in [4.69, 9.17) is 9.47 Å². The molecule has 0 saturated carbocycles. The summed E-state index contributed by atoms with van der Waals surface area (Å²) in [4.78, 5) is 0. The highest BCUT2D eigenvalue weighted by Crippen LogP contribution is 2.30. The SMILES string of the molecule is C=CCc1ccc(C2(C)OCCO2)c([Si](C)C)c1. The average molecular weight is 261 g/mol. The molecule has 1 aromatic carbocycles. The van der Waals surface area contributed by atoms with Crippen LogP contribution in [0.2, 0.25) is 13.1 Å². The largest absolute Gasteiger partial charge is 0.344 e. The molecule has 0 atom stereocenters. The summed E-state index contributed by atoms with van der Waals surface area (Å²) in [6, 6.07) is 6.61. The predicted octanol–water partition coefficient (Wildman–Crippen LogP) is 2.60. The maximum absolute atomic E-state index is 5.79. The highest BCUT2D eigenvalue weighted by Gasteiger charge is 2.35. The van der Waals surface area contributed by atoms with E-state index in [1.165, 1.54) is 16.3 Å². The average Bonchev–Trinajstić information content (AvgIpc) is 2.77. The Morgan fingerprint density at radius 2 is 2.00 bits per heavy atom. The molecule has 18 heavy (non-hydrogen) atoms. The Bertz CT molecular complexity index is 434. The van der Waals surface area contributed by atoms with Crippen LogP contribution in [0.15, 0.2) is 30.9 Å². The zero-order valence-electron chi connectivity index (χ0n) is 11.5. The third-order valence-corrected chi connectivity index (χ3v) is 4.82. The van der Waals surface area contributed by atoms with Crippen molar-refractivity contribution in [3.8, 4) is 0 Å². The molecule has 1 heterocycles. The first kappa shape index (κ1) is 13.5. The first-order chi connectivity index (χ1) is 8.57. The van der Waals surface area contributed by atoms with Crippen LogP contribution in [0.25, 0.3) is 0 Å². The summed E-state index contributed by atoms with van der Waals surface area (Å²) in [6.07, 6.45) is 2.86. The standard InChI is InChI=1S/C15H21O2Si/c1-5-6-12-7-8-13(14(11-12)18(3)4)15(2)16-9-10-17-15/h5,7-8,11H,1,6,9-10H2,2-4H3. The maximum atomic E-state index is 5.79. The van der Waals surface area contributed by atoms with Crippen molar-refractivity contribution in [3.05, 3.63) is 42.0 Å². The van der Waals surface area contributed by atoms with Crippen molar-refractivity contribution in [2.75, 3.05) is 13.2 Å². The fourth-order valence-corrected chi connectivity index (χ4v) is 3.69. The monoisotopic (exact) mass is 261 g/mol. The van der Waals surface area contributed by atoms with Gasteiger partial charge in [0.05, 0.1) is 22.0 Å². The van der Waals surface area contributed by atoms with E-state index in [0.717, 1.165) is 6.42 Å². The third-order valence-electron chi connectivity index (χ3n) is 3.33. The molecule has 0 amide bonds. The lowest BCUT2D eigenvalue weighted by molar-refractivity contribution is -0.149. The molecule has 1 aromatic rings. The van der Waals surface area contributed by atoms with Gasteiger partial charge in [0.2, 0.25) is 0 Å². The highest BCUT2D eigenvalue weighted by atomic mass is 28.3. The number of rotatable bonds is 4. The fourth-order valence-electron chi connectivity index (χ4n) is 2.36. The quantitative estimate of drug-likeness (QED) is 0.613. The Morgan fingerprint density at radius 1 is 1.33 bits per heavy atom. The second-order valence-electron chi connectivity index (χ2n) is 5.02. The van der Waals surface area contributed by atoms with Crippen molar-refractivity contribution in [1.29, 1.82) is 0 Å². The number of allylic oxidation sites excluding steroid dienone is 1. The minimum atomic E-state index is -0.552. The lowest BCUT2D eigenvalue weighted by atomic mass is 10.0. The Kier molecular flexibility index (Phi) is 4.05. The lowest BCUT2D eigenvalue weighted by Gasteiger charge is -2.27. The van der Waals surface area contributed by atoms with Gasteiger partial charge in [-0.25, -0.2) is 0 Å². The molecule has 0 aromatic heterocycles. The topological polar surface area (TPSA) is 18.5 Å². The van der Waals surface area contributed by atoms with E-state index in [0.29, 0.717) is 13.2 Å². The molecule has 0 unspecified atom stereocenters. The van der Waals surface area contributed by atoms with Gasteiger partial charge in [-0.1, -0.05) is 42.6 Å². The van der Waals surface area contributed by atoms with Crippen LogP contribution in [-0.4, -0.2) is 22.0 Å². The molecule has 0 bridgehead atoms. The van der Waals surface area contributed by atoms with Crippen molar-refractivity contribution >= 4 is 14.0 Å². The van der Waals surface area contributed by atoms with Gasteiger partial charge in [0.25, 0.3) is 0 Å². The second-order valence-corrected chi connectivity index (χ2v) is 7.55. The Hall–Kier alpha value is -0.903. The van der Waals surface area contributed by atoms with E-state index >= 15 is 0 Å². The van der Waals surface area contributed by atoms with Gasteiger partial charge < -0.3 is 9.47 Å². The van der Waals surface area contributed by atoms with Gasteiger partial charge in [0.15, 0.2) is 5.79 Å². The molecular formula is C15H21O2Si. The summed E-state index contributed by atoms with van der Waals surface area (Å²) >= 11 is 0. The molecule has 97 valence electrons. The fraction of sp³-hybridized carbons (Fsp3) is 0.467. The van der Waals surface area contributed by atoms with Crippen LogP contribution in [0.1, 0.15) is 18.1 Å². The number of hydrogen-bond acceptors (Lipinski definition) is 2. The minimum Gasteiger partial charge on any atom is -0.344 e. The molecule has 0 N–H and O–H groups in total. The third kappa shape index (κ3) is 2.58. The molecule has 2 rings (SSSR count). The van der Waals surface area contributed by atoms with Gasteiger partial charge in [-0.3, -0.25) is 0 Å². The van der Waals surface area contributed by atoms with Crippen LogP contribution in [0, 0.1) is 0 Å². The lowest BCUT2D eigenvalue weighted by Crippen LogP contribution is -2.36. The van der Waals surface area contributed by atoms with Crippen LogP contribution in [0.5, 0.6) is 0 Å². The van der Waals surface area contributed by atoms with Crippen LogP contribution in [-0.2, 0) is 21.7 Å². The van der Waals surface area contributed by atoms with Crippen molar-refractivity contribution in [2.24, 2.45) is 0 Å². The minimum absolute atomic E-state index is 0.550. The van der Waals surface area contributed by atoms with E-state index in [1.54, 1.807) is 0 Å². The van der Waals surface area contributed by atoms with Crippen molar-refractivity contribution < 1.29 is 9.47 Å². The summed E-state index contributed by atoms with van der Waals surface area (Å²) in [6.45, 7) is 11.8. The Labute approximate surface area is 111 Å². The molecular weight excluding hydrogens is 240 g/mol. The Balaban J connectivity index is 2.43. The number of benzene rings is 1. The zero-order chi connectivity index (χ0) is 13.2. The maximum Gasteiger partial charge on any atom is 0.191 e. The van der Waals surface area contributed by atoms with Crippen molar-refractivity contribution in [1.82, 2.24) is 0 Å². The van der Waals surface area contributed by atoms with Gasteiger partial charge in [0.1, 0.15) is 0 Å². The van der Waals surface area contributed by atoms with E-state index in [1.807, 2.05) is 13.0 Å². The van der Waals surface area contributed by atoms with Gasteiger partial charge in [-0.15, -0.1) is 6.58 Å². The molecule has 1 saturated heterocycles. The van der Waals surface area contributed by atoms with Crippen LogP contribution in [0.3, 0.4) is 0 Å². The zero-order valence-corrected chi connectivity index (χ0v) is 12.5. The number of hydrogen-bond donors (Lipinski definition) is 0. The van der Waals surface area contributed by atoms with Crippen molar-refractivity contribution in [3.63, 3.8) is 0 Å². The summed E-state index contributed by atoms with van der Waals surface area (Å²) in [7, 11) is -0.550. The van der Waals surface area contributed by atoms with E-state index in [-0.39, 0.29) is 0 Å². The van der Waals surface area contributed by atoms with Crippen LogP contribution in [0.4, 0.5) is 0 Å². The molecule has 3 heteroatoms. The molecule has 2 nitrogen and oxygen atoms in total. The molecule has 1 radical (unpaired) electrons. The van der Waals surface area contributed by atoms with Gasteiger partial charge in [-0.2, -0.15) is 0 Å². The van der Waals surface area contributed by atoms with Crippen molar-refractivity contribution in [2.45, 2.75) is 32.2 Å². The molecule has 0 aliphatic carbocycles. The summed E-state index contributed by atoms with van der Waals surface area (Å²) < 4.78 is 11.6. The molecule has 1 fully saturated rings. The van der Waals surface area contributed by atoms with Gasteiger partial charge >= 0.3 is 0 Å². The van der Waals surface area contributed by atoms with E-state index in [2.05, 4.69) is 37.9 Å². The summed E-state index contributed by atoms with van der Waals surface area (Å²) in [5.41, 5.74) is 2.52. The summed E-state index contributed by atoms with van der Waals surface area (Å²) in [5, 5.41) is 1.41. The van der Waals surface area contributed by atoms with Crippen LogP contribution >= 0.6 is 0 Å². The molecule has 1 aliphatic heterocycles. The smallest absolute Gasteiger partial charge is 0.191 e. The van der Waals surface area contributed by atoms with E-state index < -0.39 is 14.6 Å². The predicted molar refractivity (Wildman–Crippen MR) is 76.7 cm³/mol. The first-order valence-electron chi connectivity index (χ1n) is 6.39. The normalized spacial score (nSPS) is 18.2. The molecule has 1 aliphatic rings. The first-order valence-corrected chi connectivity index (χ1v) is 8.89. The molecule has 0 spiro atoms. The van der Waals surface area contributed by atoms with E-state index in [9.17, 15) is 0 Å². The van der Waals surface area contributed by atoms with Gasteiger partial charge in [0, 0.05) is 5.56 Å². The highest BCUT2D eigenvalue weighted by molar-refractivity contribution is 6.71. The van der Waals surface area contributed by atoms with Crippen LogP contribution < -0.4 is 5.19 Å². The number of ether oxygens (including phenoxy) is 2. The van der Waals surface area contributed by atoms with Gasteiger partial charge in [-0.05, 0) is 18.9 Å². The Morgan fingerprint density at radius 3 is 2.56 bits per heavy atom.